The van der Waals surface area contributed by atoms with Crippen molar-refractivity contribution in [3.05, 3.63) is 73.9 Å². The van der Waals surface area contributed by atoms with E-state index in [-0.39, 0.29) is 16.8 Å². The number of rotatable bonds is 5. The van der Waals surface area contributed by atoms with E-state index in [1.807, 2.05) is 31.2 Å². The van der Waals surface area contributed by atoms with Crippen LogP contribution in [0, 0.1) is 10.5 Å². The van der Waals surface area contributed by atoms with E-state index in [4.69, 9.17) is 21.1 Å². The van der Waals surface area contributed by atoms with Crippen molar-refractivity contribution < 1.29 is 14.3 Å². The number of aromatic nitrogens is 2. The molecule has 0 amide bonds. The van der Waals surface area contributed by atoms with Crippen molar-refractivity contribution in [2.24, 2.45) is 0 Å². The van der Waals surface area contributed by atoms with E-state index < -0.39 is 5.97 Å². The van der Waals surface area contributed by atoms with Crippen LogP contribution in [-0.2, 0) is 0 Å². The Kier molecular flexibility index (Phi) is 5.50. The number of carbonyl (C=O) groups is 1. The Morgan fingerprint density at radius 3 is 2.68 bits per heavy atom. The van der Waals surface area contributed by atoms with Crippen molar-refractivity contribution in [2.45, 2.75) is 25.7 Å². The van der Waals surface area contributed by atoms with Gasteiger partial charge in [0.25, 0.3) is 5.88 Å². The Labute approximate surface area is 181 Å². The molecule has 1 aliphatic rings. The zero-order chi connectivity index (χ0) is 19.7. The fourth-order valence-electron chi connectivity index (χ4n) is 2.89. The quantitative estimate of drug-likeness (QED) is 0.317. The number of halogens is 2. The van der Waals surface area contributed by atoms with Crippen molar-refractivity contribution in [2.75, 3.05) is 0 Å². The number of para-hydroxylation sites is 1. The molecule has 0 atom stereocenters. The van der Waals surface area contributed by atoms with Gasteiger partial charge in [0, 0.05) is 9.64 Å². The second-order valence-electron chi connectivity index (χ2n) is 6.58. The lowest BCUT2D eigenvalue weighted by atomic mass is 10.1. The third-order valence-electron chi connectivity index (χ3n) is 4.45. The van der Waals surface area contributed by atoms with Crippen LogP contribution < -0.4 is 9.47 Å². The van der Waals surface area contributed by atoms with Gasteiger partial charge in [0.05, 0.1) is 5.56 Å². The first-order valence-corrected chi connectivity index (χ1v) is 10.3. The number of carbonyl (C=O) groups excluding carboxylic acids is 1. The molecule has 7 heteroatoms. The first kappa shape index (κ1) is 19.1. The summed E-state index contributed by atoms with van der Waals surface area (Å²) in [5.41, 5.74) is 2.57. The van der Waals surface area contributed by atoms with Crippen LogP contribution in [0.2, 0.25) is 5.15 Å². The molecule has 0 unspecified atom stereocenters. The van der Waals surface area contributed by atoms with Crippen LogP contribution in [-0.4, -0.2) is 16.2 Å². The lowest BCUT2D eigenvalue weighted by Crippen LogP contribution is -2.11. The first-order chi connectivity index (χ1) is 13.5. The van der Waals surface area contributed by atoms with Crippen molar-refractivity contribution >= 4 is 40.2 Å². The molecule has 3 aromatic rings. The second-order valence-corrected chi connectivity index (χ2v) is 8.12. The van der Waals surface area contributed by atoms with Gasteiger partial charge in [0.1, 0.15) is 5.75 Å². The number of hydrogen-bond acceptors (Lipinski definition) is 5. The molecule has 2 aromatic carbocycles. The van der Waals surface area contributed by atoms with Crippen LogP contribution in [0.3, 0.4) is 0 Å². The average molecular weight is 507 g/mol. The van der Waals surface area contributed by atoms with Gasteiger partial charge in [-0.25, -0.2) is 4.79 Å². The largest absolute Gasteiger partial charge is 0.434 e. The highest BCUT2D eigenvalue weighted by atomic mass is 127. The normalized spacial score (nSPS) is 13.2. The van der Waals surface area contributed by atoms with E-state index in [1.165, 1.54) is 6.07 Å². The van der Waals surface area contributed by atoms with Crippen LogP contribution in [0.5, 0.6) is 17.4 Å². The molecule has 0 N–H and O–H groups in total. The summed E-state index contributed by atoms with van der Waals surface area (Å²) in [6.45, 7) is 1.97. The van der Waals surface area contributed by atoms with Gasteiger partial charge in [-0.2, -0.15) is 0 Å². The highest BCUT2D eigenvalue weighted by Crippen LogP contribution is 2.46. The maximum absolute atomic E-state index is 12.6. The van der Waals surface area contributed by atoms with Gasteiger partial charge in [0.2, 0.25) is 0 Å². The van der Waals surface area contributed by atoms with Crippen molar-refractivity contribution in [3.63, 3.8) is 0 Å². The van der Waals surface area contributed by atoms with Gasteiger partial charge in [-0.15, -0.1) is 10.2 Å². The fraction of sp³-hybridized carbons (Fsp3) is 0.190. The van der Waals surface area contributed by atoms with Crippen molar-refractivity contribution in [1.29, 1.82) is 0 Å². The molecule has 4 rings (SSSR count). The molecule has 5 nitrogen and oxygen atoms in total. The minimum absolute atomic E-state index is 0.111. The summed E-state index contributed by atoms with van der Waals surface area (Å²) in [7, 11) is 0. The summed E-state index contributed by atoms with van der Waals surface area (Å²) in [4.78, 5) is 12.6. The monoisotopic (exact) mass is 506 g/mol. The zero-order valence-electron chi connectivity index (χ0n) is 15.0. The van der Waals surface area contributed by atoms with Gasteiger partial charge in [0.15, 0.2) is 10.9 Å². The van der Waals surface area contributed by atoms with E-state index in [2.05, 4.69) is 38.9 Å². The van der Waals surface area contributed by atoms with Crippen LogP contribution in [0.25, 0.3) is 0 Å². The summed E-state index contributed by atoms with van der Waals surface area (Å²) >= 11 is 8.07. The number of esters is 1. The zero-order valence-corrected chi connectivity index (χ0v) is 17.9. The smallest absolute Gasteiger partial charge is 0.344 e. The first-order valence-electron chi connectivity index (χ1n) is 8.80. The standard InChI is InChI=1S/C21H16ClIN2O3/c1-12-5-4-7-14(13-9-10-13)19(12)28-20-17(11-18(22)24-25-20)27-21(26)15-6-2-3-8-16(15)23/h2-8,11,13H,9-10H2,1H3. The minimum atomic E-state index is -0.508. The Hall–Kier alpha value is -2.19. The molecule has 0 bridgehead atoms. The molecule has 0 saturated heterocycles. The highest BCUT2D eigenvalue weighted by molar-refractivity contribution is 14.1. The van der Waals surface area contributed by atoms with Gasteiger partial charge in [-0.1, -0.05) is 41.9 Å². The van der Waals surface area contributed by atoms with Crippen LogP contribution in [0.15, 0.2) is 48.5 Å². The van der Waals surface area contributed by atoms with E-state index in [0.717, 1.165) is 33.3 Å². The predicted molar refractivity (Wildman–Crippen MR) is 114 cm³/mol. The third-order valence-corrected chi connectivity index (χ3v) is 5.58. The van der Waals surface area contributed by atoms with E-state index >= 15 is 0 Å². The number of benzene rings is 2. The highest BCUT2D eigenvalue weighted by Gasteiger charge is 2.28. The van der Waals surface area contributed by atoms with Crippen LogP contribution in [0.1, 0.15) is 40.2 Å². The molecule has 1 aliphatic carbocycles. The molecule has 0 spiro atoms. The van der Waals surface area contributed by atoms with Gasteiger partial charge in [-0.05, 0) is 71.5 Å². The summed E-state index contributed by atoms with van der Waals surface area (Å²) < 4.78 is 12.4. The lowest BCUT2D eigenvalue weighted by molar-refractivity contribution is 0.0728. The number of ether oxygens (including phenoxy) is 2. The van der Waals surface area contributed by atoms with Crippen LogP contribution >= 0.6 is 34.2 Å². The molecule has 1 saturated carbocycles. The van der Waals surface area contributed by atoms with Gasteiger partial charge >= 0.3 is 5.97 Å². The van der Waals surface area contributed by atoms with Crippen molar-refractivity contribution in [3.8, 4) is 17.4 Å². The molecular formula is C21H16ClIN2O3. The summed E-state index contributed by atoms with van der Waals surface area (Å²) in [5.74, 6) is 0.959. The molecule has 1 heterocycles. The maximum atomic E-state index is 12.6. The van der Waals surface area contributed by atoms with E-state index in [0.29, 0.717) is 11.5 Å². The number of nitrogens with zero attached hydrogens (tertiary/aromatic N) is 2. The summed E-state index contributed by atoms with van der Waals surface area (Å²) in [6.07, 6.45) is 2.28. The van der Waals surface area contributed by atoms with Crippen LogP contribution in [0.4, 0.5) is 0 Å². The van der Waals surface area contributed by atoms with Crippen molar-refractivity contribution in [1.82, 2.24) is 10.2 Å². The topological polar surface area (TPSA) is 61.3 Å². The van der Waals surface area contributed by atoms with Gasteiger partial charge in [-0.3, -0.25) is 0 Å². The molecular weight excluding hydrogens is 491 g/mol. The SMILES string of the molecule is Cc1cccc(C2CC2)c1Oc1nnc(Cl)cc1OC(=O)c1ccccc1I. The number of hydrogen-bond donors (Lipinski definition) is 0. The molecule has 1 fully saturated rings. The minimum Gasteiger partial charge on any atom is -0.434 e. The Morgan fingerprint density at radius 2 is 1.93 bits per heavy atom. The Balaban J connectivity index is 1.67. The average Bonchev–Trinajstić information content (AvgIpc) is 3.50. The molecule has 0 aliphatic heterocycles. The van der Waals surface area contributed by atoms with E-state index in [9.17, 15) is 4.79 Å². The Bertz CT molecular complexity index is 1050. The lowest BCUT2D eigenvalue weighted by Gasteiger charge is -2.15. The maximum Gasteiger partial charge on any atom is 0.344 e. The Morgan fingerprint density at radius 1 is 1.14 bits per heavy atom. The fourth-order valence-corrected chi connectivity index (χ4v) is 3.64. The number of aryl methyl sites for hydroxylation is 1. The molecule has 1 aromatic heterocycles. The summed E-state index contributed by atoms with van der Waals surface area (Å²) in [5, 5.41) is 7.99. The molecule has 0 radical (unpaired) electrons. The van der Waals surface area contributed by atoms with Gasteiger partial charge < -0.3 is 9.47 Å². The summed E-state index contributed by atoms with van der Waals surface area (Å²) in [6, 6.07) is 14.7. The molecule has 28 heavy (non-hydrogen) atoms. The molecule has 142 valence electrons. The predicted octanol–water partition coefficient (Wildman–Crippen LogP) is 5.93. The third kappa shape index (κ3) is 4.12. The van der Waals surface area contributed by atoms with E-state index in [1.54, 1.807) is 12.1 Å². The second kappa shape index (κ2) is 8.05.